The zero-order valence-electron chi connectivity index (χ0n) is 12.0. The van der Waals surface area contributed by atoms with E-state index < -0.39 is 9.84 Å². The van der Waals surface area contributed by atoms with Gasteiger partial charge in [-0.05, 0) is 56.5 Å². The molecule has 2 aliphatic heterocycles. The number of carbonyl (C=O) groups is 1. The van der Waals surface area contributed by atoms with Crippen LogP contribution in [0.1, 0.15) is 34.3 Å². The number of ether oxygens (including phenoxy) is 1. The van der Waals surface area contributed by atoms with Crippen molar-refractivity contribution in [1.82, 2.24) is 5.32 Å². The van der Waals surface area contributed by atoms with Crippen LogP contribution in [0.5, 0.6) is 0 Å². The van der Waals surface area contributed by atoms with Gasteiger partial charge >= 0.3 is 5.97 Å². The second-order valence-corrected chi connectivity index (χ2v) is 7.77. The Morgan fingerprint density at radius 3 is 2.71 bits per heavy atom. The first-order valence-electron chi connectivity index (χ1n) is 7.22. The van der Waals surface area contributed by atoms with Crippen molar-refractivity contribution < 1.29 is 17.9 Å². The van der Waals surface area contributed by atoms with Crippen molar-refractivity contribution in [3.63, 3.8) is 0 Å². The van der Waals surface area contributed by atoms with Crippen molar-refractivity contribution in [3.05, 3.63) is 28.8 Å². The van der Waals surface area contributed by atoms with Crippen LogP contribution < -0.4 is 5.32 Å². The van der Waals surface area contributed by atoms with Crippen LogP contribution in [0.3, 0.4) is 0 Å². The van der Waals surface area contributed by atoms with Gasteiger partial charge in [0, 0.05) is 5.56 Å². The Morgan fingerprint density at radius 1 is 1.29 bits per heavy atom. The quantitative estimate of drug-likeness (QED) is 0.855. The minimum atomic E-state index is -3.32. The summed E-state index contributed by atoms with van der Waals surface area (Å²) in [6, 6.07) is 3.13. The molecule has 0 aromatic heterocycles. The van der Waals surface area contributed by atoms with Crippen molar-refractivity contribution in [2.45, 2.75) is 31.3 Å². The molecule has 0 saturated carbocycles. The SMILES string of the molecule is Cc1c(S(=O)(=O)CC2CCNCC2)ccc2c1COC2=O. The molecule has 3 rings (SSSR count). The lowest BCUT2D eigenvalue weighted by atomic mass is 10.0. The number of nitrogens with one attached hydrogen (secondary N) is 1. The summed E-state index contributed by atoms with van der Waals surface area (Å²) < 4.78 is 30.3. The molecule has 1 aromatic rings. The summed E-state index contributed by atoms with van der Waals surface area (Å²) in [5, 5.41) is 3.24. The number of sulfone groups is 1. The molecule has 2 heterocycles. The molecule has 0 bridgehead atoms. The van der Waals surface area contributed by atoms with Crippen LogP contribution in [0.15, 0.2) is 17.0 Å². The molecule has 0 radical (unpaired) electrons. The number of hydrogen-bond donors (Lipinski definition) is 1. The second-order valence-electron chi connectivity index (χ2n) is 5.77. The average molecular weight is 309 g/mol. The third-order valence-electron chi connectivity index (χ3n) is 4.37. The van der Waals surface area contributed by atoms with Crippen LogP contribution in [-0.2, 0) is 21.2 Å². The van der Waals surface area contributed by atoms with Gasteiger partial charge in [0.15, 0.2) is 9.84 Å². The molecular weight excluding hydrogens is 290 g/mol. The molecule has 6 heteroatoms. The summed E-state index contributed by atoms with van der Waals surface area (Å²) in [5.74, 6) is 0.0283. The first-order chi connectivity index (χ1) is 9.99. The van der Waals surface area contributed by atoms with Gasteiger partial charge in [-0.25, -0.2) is 13.2 Å². The maximum atomic E-state index is 12.7. The molecule has 1 saturated heterocycles. The smallest absolute Gasteiger partial charge is 0.338 e. The zero-order chi connectivity index (χ0) is 15.0. The monoisotopic (exact) mass is 309 g/mol. The van der Waals surface area contributed by atoms with Crippen molar-refractivity contribution in [2.24, 2.45) is 5.92 Å². The molecule has 0 unspecified atom stereocenters. The Morgan fingerprint density at radius 2 is 2.00 bits per heavy atom. The van der Waals surface area contributed by atoms with Gasteiger partial charge in [0.2, 0.25) is 0 Å². The highest BCUT2D eigenvalue weighted by Crippen LogP contribution is 2.30. The number of carbonyl (C=O) groups excluding carboxylic acids is 1. The second kappa shape index (κ2) is 5.42. The average Bonchev–Trinajstić information content (AvgIpc) is 2.82. The van der Waals surface area contributed by atoms with E-state index in [0.717, 1.165) is 25.9 Å². The van der Waals surface area contributed by atoms with Gasteiger partial charge in [-0.3, -0.25) is 0 Å². The fourth-order valence-electron chi connectivity index (χ4n) is 3.11. The Labute approximate surface area is 124 Å². The lowest BCUT2D eigenvalue weighted by Gasteiger charge is -2.22. The van der Waals surface area contributed by atoms with Crippen LogP contribution in [0.25, 0.3) is 0 Å². The molecule has 1 N–H and O–H groups in total. The minimum Gasteiger partial charge on any atom is -0.457 e. The molecule has 1 fully saturated rings. The van der Waals surface area contributed by atoms with E-state index in [-0.39, 0.29) is 24.2 Å². The van der Waals surface area contributed by atoms with Crippen molar-refractivity contribution in [3.8, 4) is 0 Å². The third-order valence-corrected chi connectivity index (χ3v) is 6.39. The maximum Gasteiger partial charge on any atom is 0.338 e. The predicted molar refractivity (Wildman–Crippen MR) is 77.9 cm³/mol. The molecule has 0 spiro atoms. The van der Waals surface area contributed by atoms with Gasteiger partial charge in [0.05, 0.1) is 16.2 Å². The third kappa shape index (κ3) is 2.70. The number of piperidine rings is 1. The molecular formula is C15H19NO4S. The molecule has 0 aliphatic carbocycles. The lowest BCUT2D eigenvalue weighted by Crippen LogP contribution is -2.31. The number of esters is 1. The highest BCUT2D eigenvalue weighted by molar-refractivity contribution is 7.91. The Kier molecular flexibility index (Phi) is 3.75. The maximum absolute atomic E-state index is 12.7. The highest BCUT2D eigenvalue weighted by atomic mass is 32.2. The Balaban J connectivity index is 1.91. The van der Waals surface area contributed by atoms with Crippen LogP contribution in [-0.4, -0.2) is 33.2 Å². The molecule has 114 valence electrons. The number of rotatable bonds is 3. The zero-order valence-corrected chi connectivity index (χ0v) is 12.8. The predicted octanol–water partition coefficient (Wildman–Crippen LogP) is 1.44. The van der Waals surface area contributed by atoms with Crippen molar-refractivity contribution >= 4 is 15.8 Å². The summed E-state index contributed by atoms with van der Waals surface area (Å²) in [7, 11) is -3.32. The molecule has 0 atom stereocenters. The van der Waals surface area contributed by atoms with E-state index in [1.807, 2.05) is 0 Å². The van der Waals surface area contributed by atoms with Gasteiger partial charge < -0.3 is 10.1 Å². The van der Waals surface area contributed by atoms with Crippen molar-refractivity contribution in [1.29, 1.82) is 0 Å². The summed E-state index contributed by atoms with van der Waals surface area (Å²) in [6.07, 6.45) is 1.79. The highest BCUT2D eigenvalue weighted by Gasteiger charge is 2.29. The van der Waals surface area contributed by atoms with E-state index in [9.17, 15) is 13.2 Å². The normalized spacial score (nSPS) is 19.4. The van der Waals surface area contributed by atoms with E-state index in [4.69, 9.17) is 4.74 Å². The van der Waals surface area contributed by atoms with Crippen LogP contribution in [0, 0.1) is 12.8 Å². The van der Waals surface area contributed by atoms with Crippen LogP contribution in [0.4, 0.5) is 0 Å². The largest absolute Gasteiger partial charge is 0.457 e. The first-order valence-corrected chi connectivity index (χ1v) is 8.87. The lowest BCUT2D eigenvalue weighted by molar-refractivity contribution is 0.0535. The first kappa shape index (κ1) is 14.5. The molecule has 1 aromatic carbocycles. The topological polar surface area (TPSA) is 72.5 Å². The standard InChI is InChI=1S/C15H19NO4S/c1-10-13-8-20-15(17)12(13)2-3-14(10)21(18,19)9-11-4-6-16-7-5-11/h2-3,11,16H,4-9H2,1H3. The fraction of sp³-hybridized carbons (Fsp3) is 0.533. The Bertz CT molecular complexity index is 675. The van der Waals surface area contributed by atoms with Crippen molar-refractivity contribution in [2.75, 3.05) is 18.8 Å². The minimum absolute atomic E-state index is 0.177. The van der Waals surface area contributed by atoms with E-state index >= 15 is 0 Å². The van der Waals surface area contributed by atoms with Crippen LogP contribution >= 0.6 is 0 Å². The summed E-state index contributed by atoms with van der Waals surface area (Å²) in [4.78, 5) is 11.9. The molecule has 21 heavy (non-hydrogen) atoms. The summed E-state index contributed by atoms with van der Waals surface area (Å²) >= 11 is 0. The van der Waals surface area contributed by atoms with Gasteiger partial charge in [-0.1, -0.05) is 0 Å². The molecule has 2 aliphatic rings. The summed E-state index contributed by atoms with van der Waals surface area (Å²) in [6.45, 7) is 3.70. The fourth-order valence-corrected chi connectivity index (χ4v) is 5.11. The van der Waals surface area contributed by atoms with E-state index in [0.29, 0.717) is 21.6 Å². The Hall–Kier alpha value is -1.40. The van der Waals surface area contributed by atoms with E-state index in [1.165, 1.54) is 0 Å². The number of fused-ring (bicyclic) bond motifs is 1. The van der Waals surface area contributed by atoms with Gasteiger partial charge in [0.25, 0.3) is 0 Å². The number of hydrogen-bond acceptors (Lipinski definition) is 5. The van der Waals surface area contributed by atoms with Crippen LogP contribution in [0.2, 0.25) is 0 Å². The van der Waals surface area contributed by atoms with E-state index in [2.05, 4.69) is 5.32 Å². The summed E-state index contributed by atoms with van der Waals surface area (Å²) in [5.41, 5.74) is 1.87. The van der Waals surface area contributed by atoms with E-state index in [1.54, 1.807) is 19.1 Å². The van der Waals surface area contributed by atoms with Gasteiger partial charge in [-0.2, -0.15) is 0 Å². The molecule has 0 amide bonds. The number of cyclic esters (lactones) is 1. The van der Waals surface area contributed by atoms with Gasteiger partial charge in [0.1, 0.15) is 6.61 Å². The number of benzene rings is 1. The van der Waals surface area contributed by atoms with Gasteiger partial charge in [-0.15, -0.1) is 0 Å². The molecule has 5 nitrogen and oxygen atoms in total.